The van der Waals surface area contributed by atoms with Crippen LogP contribution in [0.15, 0.2) is 9.59 Å². The molecule has 1 rings (SSSR count). The predicted molar refractivity (Wildman–Crippen MR) is 78.6 cm³/mol. The molecule has 4 N–H and O–H groups in total. The van der Waals surface area contributed by atoms with Crippen LogP contribution in [0.5, 0.6) is 0 Å². The van der Waals surface area contributed by atoms with Crippen LogP contribution >= 0.6 is 0 Å². The first-order valence-corrected chi connectivity index (χ1v) is 6.75. The van der Waals surface area contributed by atoms with Gasteiger partial charge in [-0.05, 0) is 25.7 Å². The maximum absolute atomic E-state index is 11.8. The fraction of sp³-hybridized carbons (Fsp3) is 0.692. The fourth-order valence-electron chi connectivity index (χ4n) is 2.19. The molecule has 0 saturated heterocycles. The van der Waals surface area contributed by atoms with E-state index < -0.39 is 11.2 Å². The zero-order valence-corrected chi connectivity index (χ0v) is 12.1. The number of anilines is 2. The summed E-state index contributed by atoms with van der Waals surface area (Å²) in [5.74, 6) is 0.732. The maximum Gasteiger partial charge on any atom is 0.330 e. The van der Waals surface area contributed by atoms with E-state index in [9.17, 15) is 9.59 Å². The van der Waals surface area contributed by atoms with Gasteiger partial charge in [0.15, 0.2) is 0 Å². The third-order valence-corrected chi connectivity index (χ3v) is 2.90. The van der Waals surface area contributed by atoms with Crippen LogP contribution in [0.4, 0.5) is 11.5 Å². The number of aromatic amines is 1. The first-order chi connectivity index (χ1) is 8.86. The van der Waals surface area contributed by atoms with Crippen LogP contribution in [0.1, 0.15) is 40.5 Å². The number of nitrogens with two attached hydrogens (primary N) is 1. The largest absolute Gasteiger partial charge is 0.383 e. The van der Waals surface area contributed by atoms with Gasteiger partial charge >= 0.3 is 5.69 Å². The lowest BCUT2D eigenvalue weighted by Gasteiger charge is -2.19. The van der Waals surface area contributed by atoms with E-state index in [0.717, 1.165) is 12.8 Å². The summed E-state index contributed by atoms with van der Waals surface area (Å²) in [6, 6.07) is 0.121. The fourth-order valence-corrected chi connectivity index (χ4v) is 2.19. The molecule has 6 nitrogen and oxygen atoms in total. The van der Waals surface area contributed by atoms with Crippen molar-refractivity contribution in [1.82, 2.24) is 9.55 Å². The Morgan fingerprint density at radius 3 is 2.47 bits per heavy atom. The number of nitrogens with zero attached hydrogens (tertiary/aromatic N) is 1. The molecular weight excluding hydrogens is 244 g/mol. The highest BCUT2D eigenvalue weighted by Gasteiger charge is 2.14. The van der Waals surface area contributed by atoms with Crippen LogP contribution < -0.4 is 22.3 Å². The number of nitrogens with one attached hydrogen (secondary N) is 2. The molecule has 0 aromatic carbocycles. The minimum atomic E-state index is -0.453. The van der Waals surface area contributed by atoms with E-state index in [-0.39, 0.29) is 11.9 Å². The molecule has 1 atom stereocenters. The topological polar surface area (TPSA) is 92.9 Å². The van der Waals surface area contributed by atoms with Crippen molar-refractivity contribution < 1.29 is 0 Å². The van der Waals surface area contributed by atoms with Gasteiger partial charge in [0.1, 0.15) is 11.5 Å². The van der Waals surface area contributed by atoms with Gasteiger partial charge in [-0.2, -0.15) is 0 Å². The molecule has 0 aliphatic rings. The van der Waals surface area contributed by atoms with E-state index >= 15 is 0 Å². The second kappa shape index (κ2) is 6.45. The van der Waals surface area contributed by atoms with Gasteiger partial charge in [0.25, 0.3) is 5.56 Å². The molecule has 1 aromatic rings. The van der Waals surface area contributed by atoms with Gasteiger partial charge in [-0.15, -0.1) is 0 Å². The number of H-pyrrole nitrogens is 1. The second-order valence-electron chi connectivity index (χ2n) is 5.35. The minimum Gasteiger partial charge on any atom is -0.383 e. The number of aromatic nitrogens is 2. The molecule has 19 heavy (non-hydrogen) atoms. The summed E-state index contributed by atoms with van der Waals surface area (Å²) in [6.45, 7) is 8.67. The summed E-state index contributed by atoms with van der Waals surface area (Å²) in [7, 11) is 0. The molecule has 0 aliphatic heterocycles. The minimum absolute atomic E-state index is 0.121. The first-order valence-electron chi connectivity index (χ1n) is 6.75. The first kappa shape index (κ1) is 15.3. The molecule has 0 bridgehead atoms. The number of hydrogen-bond acceptors (Lipinski definition) is 4. The van der Waals surface area contributed by atoms with Gasteiger partial charge in [-0.3, -0.25) is 14.3 Å². The van der Waals surface area contributed by atoms with Crippen molar-refractivity contribution in [2.24, 2.45) is 5.92 Å². The lowest BCUT2D eigenvalue weighted by atomic mass is 10.1. The third-order valence-electron chi connectivity index (χ3n) is 2.90. The average Bonchev–Trinajstić information content (AvgIpc) is 2.29. The third kappa shape index (κ3) is 3.87. The lowest BCUT2D eigenvalue weighted by Crippen LogP contribution is -2.35. The lowest BCUT2D eigenvalue weighted by molar-refractivity contribution is 0.538. The highest BCUT2D eigenvalue weighted by atomic mass is 16.2. The molecule has 0 amide bonds. The molecule has 1 aromatic heterocycles. The SMILES string of the molecule is CCCn1c(N)c(NC(C)CC(C)C)c(=O)[nH]c1=O. The van der Waals surface area contributed by atoms with E-state index in [0.29, 0.717) is 18.2 Å². The Bertz CT molecular complexity index is 530. The molecule has 0 aliphatic carbocycles. The Morgan fingerprint density at radius 2 is 1.95 bits per heavy atom. The number of nitrogen functional groups attached to an aromatic ring is 1. The number of rotatable bonds is 6. The van der Waals surface area contributed by atoms with E-state index in [4.69, 9.17) is 5.73 Å². The number of hydrogen-bond donors (Lipinski definition) is 3. The molecule has 1 heterocycles. The summed E-state index contributed by atoms with van der Waals surface area (Å²) in [4.78, 5) is 25.8. The molecular formula is C13H24N4O2. The van der Waals surface area contributed by atoms with Crippen molar-refractivity contribution in [3.63, 3.8) is 0 Å². The molecule has 108 valence electrons. The highest BCUT2D eigenvalue weighted by molar-refractivity contribution is 5.60. The normalized spacial score (nSPS) is 12.7. The average molecular weight is 268 g/mol. The molecule has 0 saturated carbocycles. The van der Waals surface area contributed by atoms with Crippen molar-refractivity contribution in [1.29, 1.82) is 0 Å². The van der Waals surface area contributed by atoms with Crippen LogP contribution in [-0.4, -0.2) is 15.6 Å². The van der Waals surface area contributed by atoms with Gasteiger partial charge in [-0.25, -0.2) is 4.79 Å². The second-order valence-corrected chi connectivity index (χ2v) is 5.35. The van der Waals surface area contributed by atoms with E-state index in [2.05, 4.69) is 24.1 Å². The Morgan fingerprint density at radius 1 is 1.32 bits per heavy atom. The molecule has 1 unspecified atom stereocenters. The van der Waals surface area contributed by atoms with Gasteiger partial charge < -0.3 is 11.1 Å². The van der Waals surface area contributed by atoms with Gasteiger partial charge in [0, 0.05) is 12.6 Å². The molecule has 0 fully saturated rings. The van der Waals surface area contributed by atoms with Crippen LogP contribution in [-0.2, 0) is 6.54 Å². The summed E-state index contributed by atoms with van der Waals surface area (Å²) in [6.07, 6.45) is 1.70. The highest BCUT2D eigenvalue weighted by Crippen LogP contribution is 2.14. The smallest absolute Gasteiger partial charge is 0.330 e. The standard InChI is InChI=1S/C13H24N4O2/c1-5-6-17-11(14)10(12(18)16-13(17)19)15-9(4)7-8(2)3/h8-9,15H,5-7,14H2,1-4H3,(H,16,18,19). The van der Waals surface area contributed by atoms with E-state index in [1.165, 1.54) is 4.57 Å². The summed E-state index contributed by atoms with van der Waals surface area (Å²) in [5.41, 5.74) is 5.32. The van der Waals surface area contributed by atoms with Gasteiger partial charge in [0.05, 0.1) is 0 Å². The molecule has 6 heteroatoms. The Labute approximate surface area is 113 Å². The van der Waals surface area contributed by atoms with Crippen molar-refractivity contribution in [2.45, 2.75) is 53.1 Å². The monoisotopic (exact) mass is 268 g/mol. The van der Waals surface area contributed by atoms with Crippen molar-refractivity contribution in [3.8, 4) is 0 Å². The van der Waals surface area contributed by atoms with Crippen molar-refractivity contribution >= 4 is 11.5 Å². The van der Waals surface area contributed by atoms with Crippen molar-refractivity contribution in [2.75, 3.05) is 11.1 Å². The van der Waals surface area contributed by atoms with Crippen LogP contribution in [0.25, 0.3) is 0 Å². The molecule has 0 spiro atoms. The molecule has 0 radical (unpaired) electrons. The summed E-state index contributed by atoms with van der Waals surface area (Å²) in [5, 5.41) is 3.11. The predicted octanol–water partition coefficient (Wildman–Crippen LogP) is 1.38. The summed E-state index contributed by atoms with van der Waals surface area (Å²) >= 11 is 0. The van der Waals surface area contributed by atoms with Gasteiger partial charge in [0.2, 0.25) is 0 Å². The zero-order valence-electron chi connectivity index (χ0n) is 12.1. The van der Waals surface area contributed by atoms with Crippen LogP contribution in [0.2, 0.25) is 0 Å². The Balaban J connectivity index is 3.10. The maximum atomic E-state index is 11.8. The van der Waals surface area contributed by atoms with E-state index in [1.807, 2.05) is 13.8 Å². The summed E-state index contributed by atoms with van der Waals surface area (Å²) < 4.78 is 1.39. The quantitative estimate of drug-likeness (QED) is 0.726. The Kier molecular flexibility index (Phi) is 5.20. The zero-order chi connectivity index (χ0) is 14.6. The van der Waals surface area contributed by atoms with Crippen molar-refractivity contribution in [3.05, 3.63) is 20.8 Å². The van der Waals surface area contributed by atoms with Crippen LogP contribution in [0.3, 0.4) is 0 Å². The van der Waals surface area contributed by atoms with Gasteiger partial charge in [-0.1, -0.05) is 20.8 Å². The van der Waals surface area contributed by atoms with Crippen LogP contribution in [0, 0.1) is 5.92 Å². The van der Waals surface area contributed by atoms with E-state index in [1.54, 1.807) is 0 Å². The Hall–Kier alpha value is -1.72.